The molecule has 0 fully saturated rings. The molecule has 8 nitrogen and oxygen atoms in total. The van der Waals surface area contributed by atoms with Crippen molar-refractivity contribution in [3.8, 4) is 5.75 Å². The minimum Gasteiger partial charge on any atom is -0.497 e. The molecule has 1 aromatic carbocycles. The zero-order valence-electron chi connectivity index (χ0n) is 13.1. The van der Waals surface area contributed by atoms with Gasteiger partial charge < -0.3 is 19.9 Å². The quantitative estimate of drug-likeness (QED) is 0.743. The van der Waals surface area contributed by atoms with Crippen LogP contribution in [0.15, 0.2) is 47.0 Å². The summed E-state index contributed by atoms with van der Waals surface area (Å²) in [6.07, 6.45) is 0. The van der Waals surface area contributed by atoms with Crippen molar-refractivity contribution >= 4 is 23.2 Å². The fourth-order valence-electron chi connectivity index (χ4n) is 1.97. The molecule has 0 unspecified atom stereocenters. The number of aromatic nitrogens is 3. The Bertz CT molecular complexity index is 845. The first-order valence-electron chi connectivity index (χ1n) is 7.13. The number of aryl methyl sites for hydroxylation is 1. The van der Waals surface area contributed by atoms with Crippen molar-refractivity contribution in [2.45, 2.75) is 6.92 Å². The van der Waals surface area contributed by atoms with Crippen molar-refractivity contribution < 1.29 is 14.1 Å². The summed E-state index contributed by atoms with van der Waals surface area (Å²) in [5.74, 6) is 1.96. The molecular weight excluding hydrogens is 310 g/mol. The van der Waals surface area contributed by atoms with E-state index in [2.05, 4.69) is 26.0 Å². The first-order chi connectivity index (χ1) is 11.6. The molecule has 0 saturated carbocycles. The SMILES string of the molecule is COc1cccc(NC(=O)c2ccc(Nc3cc(C)on3)nn2)c1. The molecule has 3 aromatic rings. The minimum atomic E-state index is -0.361. The third kappa shape index (κ3) is 3.67. The molecule has 3 rings (SSSR count). The lowest BCUT2D eigenvalue weighted by molar-refractivity contribution is 0.102. The Balaban J connectivity index is 1.67. The molecule has 2 aromatic heterocycles. The number of hydrogen-bond acceptors (Lipinski definition) is 7. The number of nitrogens with zero attached hydrogens (tertiary/aromatic N) is 3. The van der Waals surface area contributed by atoms with Crippen LogP contribution in [0, 0.1) is 6.92 Å². The van der Waals surface area contributed by atoms with E-state index >= 15 is 0 Å². The molecule has 24 heavy (non-hydrogen) atoms. The number of amides is 1. The van der Waals surface area contributed by atoms with Gasteiger partial charge in [0.2, 0.25) is 0 Å². The van der Waals surface area contributed by atoms with Crippen LogP contribution in [0.5, 0.6) is 5.75 Å². The summed E-state index contributed by atoms with van der Waals surface area (Å²) in [5, 5.41) is 17.3. The van der Waals surface area contributed by atoms with Crippen molar-refractivity contribution in [2.75, 3.05) is 17.7 Å². The maximum atomic E-state index is 12.2. The van der Waals surface area contributed by atoms with Crippen molar-refractivity contribution in [3.63, 3.8) is 0 Å². The summed E-state index contributed by atoms with van der Waals surface area (Å²) >= 11 is 0. The Morgan fingerprint density at radius 1 is 1.12 bits per heavy atom. The van der Waals surface area contributed by atoms with Gasteiger partial charge >= 0.3 is 0 Å². The van der Waals surface area contributed by atoms with Gasteiger partial charge in [0.05, 0.1) is 7.11 Å². The van der Waals surface area contributed by atoms with E-state index in [9.17, 15) is 4.79 Å². The van der Waals surface area contributed by atoms with Gasteiger partial charge in [0, 0.05) is 17.8 Å². The number of carbonyl (C=O) groups excluding carboxylic acids is 1. The summed E-state index contributed by atoms with van der Waals surface area (Å²) in [4.78, 5) is 12.2. The highest BCUT2D eigenvalue weighted by molar-refractivity contribution is 6.02. The maximum Gasteiger partial charge on any atom is 0.276 e. The summed E-state index contributed by atoms with van der Waals surface area (Å²) in [6, 6.07) is 12.0. The number of benzene rings is 1. The van der Waals surface area contributed by atoms with Gasteiger partial charge in [-0.1, -0.05) is 11.2 Å². The molecule has 0 aliphatic carbocycles. The van der Waals surface area contributed by atoms with E-state index in [0.717, 1.165) is 0 Å². The average Bonchev–Trinajstić information content (AvgIpc) is 3.00. The van der Waals surface area contributed by atoms with Gasteiger partial charge in [-0.15, -0.1) is 10.2 Å². The number of methoxy groups -OCH3 is 1. The van der Waals surface area contributed by atoms with Gasteiger partial charge in [0.15, 0.2) is 17.3 Å². The third-order valence-corrected chi connectivity index (χ3v) is 3.11. The van der Waals surface area contributed by atoms with Crippen LogP contribution in [0.25, 0.3) is 0 Å². The molecule has 1 amide bonds. The summed E-state index contributed by atoms with van der Waals surface area (Å²) in [5.41, 5.74) is 0.807. The fourth-order valence-corrected chi connectivity index (χ4v) is 1.97. The normalized spacial score (nSPS) is 10.2. The summed E-state index contributed by atoms with van der Waals surface area (Å²) in [6.45, 7) is 1.79. The molecular formula is C16H15N5O3. The molecule has 122 valence electrons. The van der Waals surface area contributed by atoms with Crippen LogP contribution < -0.4 is 15.4 Å². The van der Waals surface area contributed by atoms with Gasteiger partial charge in [-0.3, -0.25) is 4.79 Å². The Labute approximate surface area is 137 Å². The van der Waals surface area contributed by atoms with Gasteiger partial charge in [-0.25, -0.2) is 0 Å². The minimum absolute atomic E-state index is 0.194. The number of hydrogen-bond donors (Lipinski definition) is 2. The van der Waals surface area contributed by atoms with E-state index in [1.165, 1.54) is 0 Å². The van der Waals surface area contributed by atoms with Crippen LogP contribution in [0.3, 0.4) is 0 Å². The van der Waals surface area contributed by atoms with Crippen LogP contribution in [-0.4, -0.2) is 28.4 Å². The van der Waals surface area contributed by atoms with Crippen LogP contribution in [0.2, 0.25) is 0 Å². The van der Waals surface area contributed by atoms with Crippen molar-refractivity contribution in [1.29, 1.82) is 0 Å². The molecule has 0 aliphatic rings. The smallest absolute Gasteiger partial charge is 0.276 e. The van der Waals surface area contributed by atoms with E-state index in [1.54, 1.807) is 56.5 Å². The molecule has 0 bridgehead atoms. The fraction of sp³-hybridized carbons (Fsp3) is 0.125. The zero-order valence-corrected chi connectivity index (χ0v) is 13.1. The van der Waals surface area contributed by atoms with Gasteiger partial charge in [-0.05, 0) is 31.2 Å². The predicted octanol–water partition coefficient (Wildman–Crippen LogP) is 2.78. The van der Waals surface area contributed by atoms with Gasteiger partial charge in [-0.2, -0.15) is 0 Å². The second-order valence-corrected chi connectivity index (χ2v) is 4.94. The highest BCUT2D eigenvalue weighted by Gasteiger charge is 2.10. The Kier molecular flexibility index (Phi) is 4.37. The average molecular weight is 325 g/mol. The lowest BCUT2D eigenvalue weighted by atomic mass is 10.3. The van der Waals surface area contributed by atoms with E-state index in [-0.39, 0.29) is 11.6 Å². The van der Waals surface area contributed by atoms with Crippen molar-refractivity contribution in [2.24, 2.45) is 0 Å². The van der Waals surface area contributed by atoms with E-state index in [4.69, 9.17) is 9.26 Å². The summed E-state index contributed by atoms with van der Waals surface area (Å²) < 4.78 is 10.1. The van der Waals surface area contributed by atoms with Crippen LogP contribution in [0.1, 0.15) is 16.2 Å². The Hall–Kier alpha value is -3.42. The van der Waals surface area contributed by atoms with E-state index in [0.29, 0.717) is 28.8 Å². The molecule has 0 radical (unpaired) electrons. The molecule has 0 saturated heterocycles. The summed E-state index contributed by atoms with van der Waals surface area (Å²) in [7, 11) is 1.56. The standard InChI is InChI=1S/C16H15N5O3/c1-10-8-15(21-24-10)18-14-7-6-13(19-20-14)16(22)17-11-4-3-5-12(9-11)23-2/h3-9H,1-2H3,(H,17,22)(H,18,20,21). The van der Waals surface area contributed by atoms with Crippen LogP contribution >= 0.6 is 0 Å². The number of anilines is 3. The molecule has 0 atom stereocenters. The monoisotopic (exact) mass is 325 g/mol. The molecule has 0 spiro atoms. The molecule has 8 heteroatoms. The number of rotatable bonds is 5. The largest absolute Gasteiger partial charge is 0.497 e. The zero-order chi connectivity index (χ0) is 16.9. The van der Waals surface area contributed by atoms with E-state index < -0.39 is 0 Å². The van der Waals surface area contributed by atoms with Crippen molar-refractivity contribution in [1.82, 2.24) is 15.4 Å². The second-order valence-electron chi connectivity index (χ2n) is 4.94. The van der Waals surface area contributed by atoms with Gasteiger partial charge in [0.1, 0.15) is 11.5 Å². The highest BCUT2D eigenvalue weighted by atomic mass is 16.5. The highest BCUT2D eigenvalue weighted by Crippen LogP contribution is 2.18. The van der Waals surface area contributed by atoms with E-state index in [1.807, 2.05) is 0 Å². The topological polar surface area (TPSA) is 102 Å². The van der Waals surface area contributed by atoms with Crippen LogP contribution in [-0.2, 0) is 0 Å². The number of carbonyl (C=O) groups is 1. The van der Waals surface area contributed by atoms with Gasteiger partial charge in [0.25, 0.3) is 5.91 Å². The lowest BCUT2D eigenvalue weighted by Crippen LogP contribution is -2.14. The molecule has 2 heterocycles. The maximum absolute atomic E-state index is 12.2. The van der Waals surface area contributed by atoms with Crippen LogP contribution in [0.4, 0.5) is 17.3 Å². The first kappa shape index (κ1) is 15.5. The number of nitrogens with one attached hydrogen (secondary N) is 2. The first-order valence-corrected chi connectivity index (χ1v) is 7.13. The Morgan fingerprint density at radius 3 is 2.67 bits per heavy atom. The molecule has 0 aliphatic heterocycles. The second kappa shape index (κ2) is 6.78. The molecule has 2 N–H and O–H groups in total. The van der Waals surface area contributed by atoms with Crippen molar-refractivity contribution in [3.05, 3.63) is 53.9 Å². The third-order valence-electron chi connectivity index (χ3n) is 3.11. The lowest BCUT2D eigenvalue weighted by Gasteiger charge is -2.06. The predicted molar refractivity (Wildman–Crippen MR) is 87.5 cm³/mol. The Morgan fingerprint density at radius 2 is 2.00 bits per heavy atom. The number of ether oxygens (including phenoxy) is 1.